The number of aryl methyl sites for hydroxylation is 1. The van der Waals surface area contributed by atoms with Gasteiger partial charge in [0.05, 0.1) is 5.69 Å². The van der Waals surface area contributed by atoms with Gasteiger partial charge in [0.2, 0.25) is 11.0 Å². The Hall–Kier alpha value is -2.81. The van der Waals surface area contributed by atoms with Crippen LogP contribution in [0.4, 0.5) is 8.78 Å². The molecule has 0 bridgehead atoms. The first kappa shape index (κ1) is 15.7. The van der Waals surface area contributed by atoms with Gasteiger partial charge in [0.1, 0.15) is 5.71 Å². The Kier molecular flexibility index (Phi) is 3.92. The summed E-state index contributed by atoms with van der Waals surface area (Å²) in [7, 11) is 1.83. The number of rotatable bonds is 3. The van der Waals surface area contributed by atoms with Crippen molar-refractivity contribution >= 4 is 23.5 Å². The molecule has 25 heavy (non-hydrogen) atoms. The maximum absolute atomic E-state index is 13.1. The Balaban J connectivity index is 1.86. The van der Waals surface area contributed by atoms with Crippen LogP contribution in [0.1, 0.15) is 23.5 Å². The molecule has 1 aliphatic heterocycles. The first-order valence-corrected chi connectivity index (χ1v) is 8.21. The SMILES string of the molecule is Cn1ccc(C=C2Sc3nnc(C(F)F)n3N=C2c2ccccc2)n1. The lowest BCUT2D eigenvalue weighted by atomic mass is 10.1. The number of allylic oxidation sites excluding steroid dienone is 1. The van der Waals surface area contributed by atoms with Crippen molar-refractivity contribution in [2.75, 3.05) is 0 Å². The van der Waals surface area contributed by atoms with Crippen molar-refractivity contribution in [3.63, 3.8) is 0 Å². The van der Waals surface area contributed by atoms with Gasteiger partial charge in [-0.05, 0) is 23.9 Å². The summed E-state index contributed by atoms with van der Waals surface area (Å²) in [5.41, 5.74) is 2.14. The van der Waals surface area contributed by atoms with Gasteiger partial charge in [-0.1, -0.05) is 30.3 Å². The van der Waals surface area contributed by atoms with E-state index in [1.807, 2.05) is 55.7 Å². The zero-order valence-electron chi connectivity index (χ0n) is 13.0. The largest absolute Gasteiger partial charge is 0.299 e. The lowest BCUT2D eigenvalue weighted by molar-refractivity contribution is 0.135. The molecule has 0 fully saturated rings. The molecule has 0 atom stereocenters. The summed E-state index contributed by atoms with van der Waals surface area (Å²) in [6.45, 7) is 0. The molecule has 0 amide bonds. The summed E-state index contributed by atoms with van der Waals surface area (Å²) in [6, 6.07) is 11.2. The third-order valence-corrected chi connectivity index (χ3v) is 4.49. The quantitative estimate of drug-likeness (QED) is 0.720. The van der Waals surface area contributed by atoms with Crippen molar-refractivity contribution < 1.29 is 8.78 Å². The fourth-order valence-corrected chi connectivity index (χ4v) is 3.34. The molecule has 1 aromatic carbocycles. The molecule has 0 spiro atoms. The molecule has 0 aliphatic carbocycles. The normalized spacial score (nSPS) is 15.5. The summed E-state index contributed by atoms with van der Waals surface area (Å²) in [4.78, 5) is 0.769. The van der Waals surface area contributed by atoms with E-state index in [0.29, 0.717) is 10.9 Å². The number of halogens is 2. The van der Waals surface area contributed by atoms with Crippen molar-refractivity contribution in [3.05, 3.63) is 64.6 Å². The monoisotopic (exact) mass is 358 g/mol. The topological polar surface area (TPSA) is 60.9 Å². The number of benzene rings is 1. The highest BCUT2D eigenvalue weighted by atomic mass is 32.2. The second-order valence-electron chi connectivity index (χ2n) is 5.29. The number of fused-ring (bicyclic) bond motifs is 1. The standard InChI is InChI=1S/C16H12F2N6S/c1-23-8-7-11(21-23)9-12-13(10-5-3-2-4-6-10)22-24-15(14(17)18)19-20-16(24)25-12/h2-9,14H,1H3. The minimum atomic E-state index is -2.75. The molecule has 3 aromatic rings. The molecular weight excluding hydrogens is 346 g/mol. The number of aromatic nitrogens is 5. The number of hydrogen-bond donors (Lipinski definition) is 0. The zero-order valence-corrected chi connectivity index (χ0v) is 13.9. The van der Waals surface area contributed by atoms with Crippen molar-refractivity contribution in [1.29, 1.82) is 0 Å². The van der Waals surface area contributed by atoms with Crippen LogP contribution in [0, 0.1) is 0 Å². The second kappa shape index (κ2) is 6.25. The summed E-state index contributed by atoms with van der Waals surface area (Å²) in [5, 5.41) is 16.4. The smallest absolute Gasteiger partial charge is 0.275 e. The van der Waals surface area contributed by atoms with Crippen LogP contribution in [0.5, 0.6) is 0 Å². The van der Waals surface area contributed by atoms with Crippen LogP contribution < -0.4 is 0 Å². The predicted molar refractivity (Wildman–Crippen MR) is 90.4 cm³/mol. The van der Waals surface area contributed by atoms with Crippen LogP contribution in [-0.2, 0) is 7.05 Å². The highest BCUT2D eigenvalue weighted by molar-refractivity contribution is 8.04. The Labute approximate surface area is 145 Å². The summed E-state index contributed by atoms with van der Waals surface area (Å²) in [6.07, 6.45) is 0.941. The number of nitrogens with zero attached hydrogens (tertiary/aromatic N) is 6. The Morgan fingerprint density at radius 3 is 2.60 bits per heavy atom. The lowest BCUT2D eigenvalue weighted by Gasteiger charge is -2.16. The minimum absolute atomic E-state index is 0.303. The van der Waals surface area contributed by atoms with Gasteiger partial charge in [0.25, 0.3) is 6.43 Å². The third kappa shape index (κ3) is 2.98. The van der Waals surface area contributed by atoms with Crippen molar-refractivity contribution in [2.24, 2.45) is 12.1 Å². The minimum Gasteiger partial charge on any atom is -0.275 e. The first-order valence-electron chi connectivity index (χ1n) is 7.39. The van der Waals surface area contributed by atoms with E-state index in [-0.39, 0.29) is 0 Å². The molecule has 2 aromatic heterocycles. The molecular formula is C16H12F2N6S. The van der Waals surface area contributed by atoms with Gasteiger partial charge in [0.15, 0.2) is 0 Å². The molecule has 0 radical (unpaired) electrons. The molecule has 3 heterocycles. The van der Waals surface area contributed by atoms with Gasteiger partial charge in [0, 0.05) is 23.7 Å². The van der Waals surface area contributed by atoms with Gasteiger partial charge < -0.3 is 0 Å². The molecule has 126 valence electrons. The average Bonchev–Trinajstić information content (AvgIpc) is 3.20. The van der Waals surface area contributed by atoms with Gasteiger partial charge >= 0.3 is 0 Å². The van der Waals surface area contributed by atoms with E-state index >= 15 is 0 Å². The molecule has 1 aliphatic rings. The first-order chi connectivity index (χ1) is 12.1. The molecule has 0 saturated carbocycles. The van der Waals surface area contributed by atoms with Crippen LogP contribution in [0.25, 0.3) is 6.08 Å². The van der Waals surface area contributed by atoms with Gasteiger partial charge in [-0.2, -0.15) is 14.9 Å². The van der Waals surface area contributed by atoms with E-state index in [1.165, 1.54) is 11.8 Å². The van der Waals surface area contributed by atoms with Crippen LogP contribution >= 0.6 is 11.8 Å². The molecule has 0 N–H and O–H groups in total. The Morgan fingerprint density at radius 1 is 1.12 bits per heavy atom. The Morgan fingerprint density at radius 2 is 1.92 bits per heavy atom. The number of alkyl halides is 2. The maximum Gasteiger partial charge on any atom is 0.299 e. The maximum atomic E-state index is 13.1. The van der Waals surface area contributed by atoms with Crippen molar-refractivity contribution in [3.8, 4) is 0 Å². The van der Waals surface area contributed by atoms with E-state index < -0.39 is 12.2 Å². The van der Waals surface area contributed by atoms with E-state index in [1.54, 1.807) is 4.68 Å². The fourth-order valence-electron chi connectivity index (χ4n) is 2.40. The van der Waals surface area contributed by atoms with E-state index in [9.17, 15) is 8.78 Å². The predicted octanol–water partition coefficient (Wildman–Crippen LogP) is 3.35. The van der Waals surface area contributed by atoms with Gasteiger partial charge in [-0.3, -0.25) is 4.68 Å². The molecule has 6 nitrogen and oxygen atoms in total. The van der Waals surface area contributed by atoms with Crippen LogP contribution in [0.3, 0.4) is 0 Å². The third-order valence-electron chi connectivity index (χ3n) is 3.53. The van der Waals surface area contributed by atoms with E-state index in [4.69, 9.17) is 0 Å². The highest BCUT2D eigenvalue weighted by Gasteiger charge is 2.27. The van der Waals surface area contributed by atoms with E-state index in [0.717, 1.165) is 20.8 Å². The van der Waals surface area contributed by atoms with Gasteiger partial charge in [-0.25, -0.2) is 8.78 Å². The highest BCUT2D eigenvalue weighted by Crippen LogP contribution is 2.36. The summed E-state index contributed by atoms with van der Waals surface area (Å²) < 4.78 is 29.1. The second-order valence-corrected chi connectivity index (χ2v) is 6.30. The Bertz CT molecular complexity index is 974. The summed E-state index contributed by atoms with van der Waals surface area (Å²) in [5.74, 6) is -0.465. The number of hydrogen-bond acceptors (Lipinski definition) is 5. The van der Waals surface area contributed by atoms with Gasteiger partial charge in [-0.15, -0.1) is 10.2 Å². The average molecular weight is 358 g/mol. The number of thioether (sulfide) groups is 1. The van der Waals surface area contributed by atoms with Crippen LogP contribution in [-0.4, -0.2) is 30.4 Å². The van der Waals surface area contributed by atoms with Crippen molar-refractivity contribution in [1.82, 2.24) is 24.7 Å². The zero-order chi connectivity index (χ0) is 17.4. The van der Waals surface area contributed by atoms with Crippen LogP contribution in [0.2, 0.25) is 0 Å². The molecule has 0 unspecified atom stereocenters. The molecule has 4 rings (SSSR count). The lowest BCUT2D eigenvalue weighted by Crippen LogP contribution is -2.13. The fraction of sp³-hybridized carbons (Fsp3) is 0.125. The summed E-state index contributed by atoms with van der Waals surface area (Å²) >= 11 is 1.24. The molecule has 0 saturated heterocycles. The van der Waals surface area contributed by atoms with Crippen molar-refractivity contribution in [2.45, 2.75) is 11.6 Å². The van der Waals surface area contributed by atoms with Crippen LogP contribution in [0.15, 0.2) is 57.8 Å². The van der Waals surface area contributed by atoms with E-state index in [2.05, 4.69) is 20.4 Å². The molecule has 9 heteroatoms.